The number of aromatic nitrogens is 3. The molecule has 0 bridgehead atoms. The first-order chi connectivity index (χ1) is 13.5. The highest BCUT2D eigenvalue weighted by atomic mass is 32.1. The molecule has 0 aromatic carbocycles. The van der Waals surface area contributed by atoms with Crippen molar-refractivity contribution in [1.29, 1.82) is 5.26 Å². The standard InChI is InChI=1S/C21H24N6S/c1-14-18(12-26(2)25-14)19-9-16(17(10-22)21(23)24-19)20-8-15(13-28-20)11-27-6-4-3-5-7-27/h8-9,12-13H,3-7,11H2,1-2H3,(H2,23,24). The van der Waals surface area contributed by atoms with Crippen LogP contribution in [0.4, 0.5) is 5.82 Å². The average Bonchev–Trinajstić information content (AvgIpc) is 3.27. The van der Waals surface area contributed by atoms with E-state index in [-0.39, 0.29) is 5.82 Å². The summed E-state index contributed by atoms with van der Waals surface area (Å²) in [6.45, 7) is 5.25. The Bertz CT molecular complexity index is 1040. The highest BCUT2D eigenvalue weighted by Crippen LogP contribution is 2.35. The Kier molecular flexibility index (Phi) is 5.16. The zero-order valence-electron chi connectivity index (χ0n) is 16.3. The van der Waals surface area contributed by atoms with Gasteiger partial charge in [0.25, 0.3) is 0 Å². The Labute approximate surface area is 169 Å². The van der Waals surface area contributed by atoms with Crippen LogP contribution < -0.4 is 5.73 Å². The van der Waals surface area contributed by atoms with Crippen molar-refractivity contribution in [3.63, 3.8) is 0 Å². The van der Waals surface area contributed by atoms with Crippen LogP contribution in [0.25, 0.3) is 21.7 Å². The van der Waals surface area contributed by atoms with Crippen molar-refractivity contribution >= 4 is 17.2 Å². The highest BCUT2D eigenvalue weighted by molar-refractivity contribution is 7.13. The number of aryl methyl sites for hydroxylation is 2. The van der Waals surface area contributed by atoms with Crippen LogP contribution in [0.15, 0.2) is 23.7 Å². The van der Waals surface area contributed by atoms with Gasteiger partial charge < -0.3 is 5.73 Å². The lowest BCUT2D eigenvalue weighted by atomic mass is 10.0. The van der Waals surface area contributed by atoms with Crippen LogP contribution in [-0.2, 0) is 13.6 Å². The van der Waals surface area contributed by atoms with Gasteiger partial charge in [-0.15, -0.1) is 11.3 Å². The molecule has 2 N–H and O–H groups in total. The lowest BCUT2D eigenvalue weighted by Gasteiger charge is -2.25. The number of anilines is 1. The normalized spacial score (nSPS) is 14.9. The molecule has 1 aliphatic rings. The maximum absolute atomic E-state index is 9.66. The number of pyridine rings is 1. The first kappa shape index (κ1) is 18.7. The van der Waals surface area contributed by atoms with E-state index in [9.17, 15) is 5.26 Å². The molecule has 0 saturated carbocycles. The molecule has 1 fully saturated rings. The first-order valence-corrected chi connectivity index (χ1v) is 10.4. The number of nitriles is 1. The maximum Gasteiger partial charge on any atom is 0.142 e. The molecule has 0 aliphatic carbocycles. The summed E-state index contributed by atoms with van der Waals surface area (Å²) in [5.41, 5.74) is 11.3. The van der Waals surface area contributed by atoms with Crippen molar-refractivity contribution in [2.45, 2.75) is 32.7 Å². The monoisotopic (exact) mass is 392 g/mol. The molecule has 0 radical (unpaired) electrons. The van der Waals surface area contributed by atoms with E-state index in [2.05, 4.69) is 32.5 Å². The fourth-order valence-corrected chi connectivity index (χ4v) is 4.77. The lowest BCUT2D eigenvalue weighted by molar-refractivity contribution is 0.221. The quantitative estimate of drug-likeness (QED) is 0.726. The number of hydrogen-bond donors (Lipinski definition) is 1. The molecule has 7 heteroatoms. The molecule has 0 amide bonds. The molecule has 1 aliphatic heterocycles. The van der Waals surface area contributed by atoms with Gasteiger partial charge in [-0.25, -0.2) is 4.98 Å². The maximum atomic E-state index is 9.66. The van der Waals surface area contributed by atoms with Gasteiger partial charge in [0.05, 0.1) is 11.4 Å². The zero-order chi connectivity index (χ0) is 19.7. The smallest absolute Gasteiger partial charge is 0.142 e. The van der Waals surface area contributed by atoms with Crippen molar-refractivity contribution in [1.82, 2.24) is 19.7 Å². The van der Waals surface area contributed by atoms with Gasteiger partial charge in [-0.05, 0) is 55.9 Å². The molecule has 1 saturated heterocycles. The number of likely N-dealkylation sites (tertiary alicyclic amines) is 1. The molecule has 0 atom stereocenters. The second-order valence-corrected chi connectivity index (χ2v) is 8.30. The molecule has 4 rings (SSSR count). The van der Waals surface area contributed by atoms with Gasteiger partial charge in [0.15, 0.2) is 0 Å². The van der Waals surface area contributed by atoms with E-state index in [1.807, 2.05) is 26.2 Å². The molecule has 3 aromatic rings. The number of nitrogens with two attached hydrogens (primary N) is 1. The van der Waals surface area contributed by atoms with Gasteiger partial charge in [-0.2, -0.15) is 10.4 Å². The lowest BCUT2D eigenvalue weighted by Crippen LogP contribution is -2.28. The number of nitrogen functional groups attached to an aromatic ring is 1. The minimum atomic E-state index is 0.268. The second-order valence-electron chi connectivity index (χ2n) is 7.38. The average molecular weight is 393 g/mol. The van der Waals surface area contributed by atoms with Crippen LogP contribution in [0, 0.1) is 18.3 Å². The summed E-state index contributed by atoms with van der Waals surface area (Å²) in [6, 6.07) is 6.40. The summed E-state index contributed by atoms with van der Waals surface area (Å²) in [4.78, 5) is 8.04. The van der Waals surface area contributed by atoms with Crippen molar-refractivity contribution in [3.05, 3.63) is 40.5 Å². The summed E-state index contributed by atoms with van der Waals surface area (Å²) in [5, 5.41) is 16.2. The van der Waals surface area contributed by atoms with E-state index < -0.39 is 0 Å². The van der Waals surface area contributed by atoms with Crippen LogP contribution in [0.5, 0.6) is 0 Å². The third-order valence-corrected chi connectivity index (χ3v) is 6.24. The SMILES string of the molecule is Cc1nn(C)cc1-c1cc(-c2cc(CN3CCCCC3)cs2)c(C#N)c(N)n1. The number of piperidine rings is 1. The number of thiophene rings is 1. The Balaban J connectivity index is 1.70. The van der Waals surface area contributed by atoms with Gasteiger partial charge in [0.2, 0.25) is 0 Å². The molecule has 28 heavy (non-hydrogen) atoms. The Morgan fingerprint density at radius 3 is 2.68 bits per heavy atom. The zero-order valence-corrected chi connectivity index (χ0v) is 17.1. The second kappa shape index (κ2) is 7.74. The Morgan fingerprint density at radius 1 is 1.21 bits per heavy atom. The molecule has 4 heterocycles. The molecule has 144 valence electrons. The van der Waals surface area contributed by atoms with Crippen molar-refractivity contribution in [3.8, 4) is 27.8 Å². The summed E-state index contributed by atoms with van der Waals surface area (Å²) < 4.78 is 1.77. The number of rotatable bonds is 4. The third-order valence-electron chi connectivity index (χ3n) is 5.22. The van der Waals surface area contributed by atoms with Crippen molar-refractivity contribution < 1.29 is 0 Å². The van der Waals surface area contributed by atoms with Gasteiger partial charge in [-0.3, -0.25) is 9.58 Å². The molecule has 6 nitrogen and oxygen atoms in total. The van der Waals surface area contributed by atoms with Crippen LogP contribution in [-0.4, -0.2) is 32.8 Å². The van der Waals surface area contributed by atoms with E-state index in [0.717, 1.165) is 33.9 Å². The highest BCUT2D eigenvalue weighted by Gasteiger charge is 2.18. The summed E-state index contributed by atoms with van der Waals surface area (Å²) in [6.07, 6.45) is 5.83. The van der Waals surface area contributed by atoms with Gasteiger partial charge in [-0.1, -0.05) is 6.42 Å². The van der Waals surface area contributed by atoms with Crippen molar-refractivity contribution in [2.75, 3.05) is 18.8 Å². The van der Waals surface area contributed by atoms with Crippen LogP contribution in [0.1, 0.15) is 36.1 Å². The van der Waals surface area contributed by atoms with Gasteiger partial charge in [0, 0.05) is 35.8 Å². The van der Waals surface area contributed by atoms with Gasteiger partial charge >= 0.3 is 0 Å². The predicted molar refractivity (Wildman–Crippen MR) is 113 cm³/mol. The number of hydrogen-bond acceptors (Lipinski definition) is 6. The van der Waals surface area contributed by atoms with Crippen LogP contribution in [0.3, 0.4) is 0 Å². The van der Waals surface area contributed by atoms with Crippen LogP contribution >= 0.6 is 11.3 Å². The Hall–Kier alpha value is -2.69. The summed E-state index contributed by atoms with van der Waals surface area (Å²) >= 11 is 1.66. The summed E-state index contributed by atoms with van der Waals surface area (Å²) in [5.74, 6) is 0.268. The van der Waals surface area contributed by atoms with E-state index in [4.69, 9.17) is 5.73 Å². The van der Waals surface area contributed by atoms with E-state index >= 15 is 0 Å². The third kappa shape index (κ3) is 3.66. The fourth-order valence-electron chi connectivity index (χ4n) is 3.84. The van der Waals surface area contributed by atoms with Gasteiger partial charge in [0.1, 0.15) is 17.5 Å². The number of nitrogens with zero attached hydrogens (tertiary/aromatic N) is 5. The van der Waals surface area contributed by atoms with E-state index in [1.54, 1.807) is 16.0 Å². The molecule has 0 unspecified atom stereocenters. The van der Waals surface area contributed by atoms with E-state index in [0.29, 0.717) is 5.56 Å². The molecular weight excluding hydrogens is 368 g/mol. The predicted octanol–water partition coefficient (Wildman–Crippen LogP) is 3.96. The van der Waals surface area contributed by atoms with E-state index in [1.165, 1.54) is 37.9 Å². The molecule has 3 aromatic heterocycles. The van der Waals surface area contributed by atoms with Crippen molar-refractivity contribution in [2.24, 2.45) is 7.05 Å². The minimum absolute atomic E-state index is 0.268. The van der Waals surface area contributed by atoms with Crippen LogP contribution in [0.2, 0.25) is 0 Å². The summed E-state index contributed by atoms with van der Waals surface area (Å²) in [7, 11) is 1.89. The topological polar surface area (TPSA) is 83.8 Å². The minimum Gasteiger partial charge on any atom is -0.383 e. The first-order valence-electron chi connectivity index (χ1n) is 9.56. The Morgan fingerprint density at radius 2 is 2.00 bits per heavy atom. The molecule has 0 spiro atoms. The largest absolute Gasteiger partial charge is 0.383 e. The fraction of sp³-hybridized carbons (Fsp3) is 0.381. The molecular formula is C21H24N6S.